The van der Waals surface area contributed by atoms with Crippen LogP contribution in [0.25, 0.3) is 5.70 Å². The minimum Gasteiger partial charge on any atom is -0.324 e. The number of benzene rings is 3. The third-order valence-electron chi connectivity index (χ3n) is 5.24. The second-order valence-corrected chi connectivity index (χ2v) is 9.24. The van der Waals surface area contributed by atoms with Gasteiger partial charge in [0.2, 0.25) is 5.91 Å². The van der Waals surface area contributed by atoms with Crippen molar-refractivity contribution in [2.24, 2.45) is 0 Å². The Morgan fingerprint density at radius 2 is 1.62 bits per heavy atom. The Labute approximate surface area is 186 Å². The molecule has 8 heteroatoms. The van der Waals surface area contributed by atoms with Gasteiger partial charge in [-0.05, 0) is 36.4 Å². The monoisotopic (exact) mass is 447 g/mol. The second kappa shape index (κ2) is 8.32. The Morgan fingerprint density at radius 1 is 0.969 bits per heavy atom. The van der Waals surface area contributed by atoms with E-state index in [1.807, 2.05) is 0 Å². The Morgan fingerprint density at radius 3 is 2.31 bits per heavy atom. The Bertz CT molecular complexity index is 1280. The molecule has 1 aliphatic heterocycles. The lowest BCUT2D eigenvalue weighted by molar-refractivity contribution is -0.116. The van der Waals surface area contributed by atoms with Gasteiger partial charge in [0.25, 0.3) is 15.9 Å². The molecule has 0 spiro atoms. The lowest BCUT2D eigenvalue weighted by Crippen LogP contribution is -2.32. The number of carbonyl (C=O) groups excluding carboxylic acids is 2. The molecule has 0 radical (unpaired) electrons. The van der Waals surface area contributed by atoms with E-state index in [-0.39, 0.29) is 17.3 Å². The van der Waals surface area contributed by atoms with Crippen molar-refractivity contribution in [3.05, 3.63) is 96.6 Å². The summed E-state index contributed by atoms with van der Waals surface area (Å²) in [5.41, 5.74) is 2.49. The van der Waals surface area contributed by atoms with Crippen molar-refractivity contribution < 1.29 is 18.0 Å². The zero-order valence-electron chi connectivity index (χ0n) is 17.4. The first-order chi connectivity index (χ1) is 15.3. The summed E-state index contributed by atoms with van der Waals surface area (Å²) in [5.74, 6) is -0.750. The Balaban J connectivity index is 1.49. The molecule has 3 aromatic carbocycles. The van der Waals surface area contributed by atoms with E-state index in [4.69, 9.17) is 0 Å². The van der Waals surface area contributed by atoms with E-state index in [2.05, 4.69) is 11.9 Å². The highest BCUT2D eigenvalue weighted by Gasteiger charge is 2.32. The molecule has 0 bridgehead atoms. The molecule has 0 saturated carbocycles. The summed E-state index contributed by atoms with van der Waals surface area (Å²) in [5, 5.41) is 2.67. The molecule has 162 valence electrons. The van der Waals surface area contributed by atoms with E-state index < -0.39 is 15.9 Å². The van der Waals surface area contributed by atoms with Gasteiger partial charge in [-0.25, -0.2) is 8.42 Å². The van der Waals surface area contributed by atoms with Gasteiger partial charge in [0, 0.05) is 29.6 Å². The van der Waals surface area contributed by atoms with Crippen LogP contribution in [0.1, 0.15) is 15.9 Å². The third kappa shape index (κ3) is 3.88. The molecule has 32 heavy (non-hydrogen) atoms. The summed E-state index contributed by atoms with van der Waals surface area (Å²) >= 11 is 0. The first kappa shape index (κ1) is 21.3. The standard InChI is InChI=1S/C24H21N3O4S/c1-17-21-13-6-7-14-22(21)24(29)27(17)16-23(28)25-18-9-8-12-20(15-18)32(30,31)26(2)19-10-4-3-5-11-19/h3-15H,1,16H2,2H3,(H,25,28). The van der Waals surface area contributed by atoms with E-state index >= 15 is 0 Å². The highest BCUT2D eigenvalue weighted by atomic mass is 32.2. The summed E-state index contributed by atoms with van der Waals surface area (Å²) in [7, 11) is -2.35. The number of nitrogens with zero attached hydrogens (tertiary/aromatic N) is 2. The van der Waals surface area contributed by atoms with E-state index in [1.165, 1.54) is 28.4 Å². The fourth-order valence-corrected chi connectivity index (χ4v) is 4.76. The summed E-state index contributed by atoms with van der Waals surface area (Å²) < 4.78 is 27.2. The average molecular weight is 448 g/mol. The maximum absolute atomic E-state index is 13.0. The number of anilines is 2. The zero-order chi connectivity index (χ0) is 22.9. The molecular weight excluding hydrogens is 426 g/mol. The van der Waals surface area contributed by atoms with Gasteiger partial charge >= 0.3 is 0 Å². The molecule has 1 heterocycles. The van der Waals surface area contributed by atoms with Crippen LogP contribution in [-0.2, 0) is 14.8 Å². The van der Waals surface area contributed by atoms with Gasteiger partial charge in [-0.15, -0.1) is 0 Å². The largest absolute Gasteiger partial charge is 0.324 e. The lowest BCUT2D eigenvalue weighted by Gasteiger charge is -2.20. The zero-order valence-corrected chi connectivity index (χ0v) is 18.2. The van der Waals surface area contributed by atoms with Crippen LogP contribution in [0, 0.1) is 0 Å². The van der Waals surface area contributed by atoms with Crippen molar-refractivity contribution in [2.45, 2.75) is 4.90 Å². The van der Waals surface area contributed by atoms with Gasteiger partial charge in [-0.3, -0.25) is 18.8 Å². The maximum Gasteiger partial charge on any atom is 0.264 e. The van der Waals surface area contributed by atoms with E-state index in [9.17, 15) is 18.0 Å². The lowest BCUT2D eigenvalue weighted by atomic mass is 10.1. The van der Waals surface area contributed by atoms with Crippen molar-refractivity contribution in [3.63, 3.8) is 0 Å². The SMILES string of the molecule is C=C1c2ccccc2C(=O)N1CC(=O)Nc1cccc(S(=O)(=O)N(C)c2ccccc2)c1. The molecule has 0 saturated heterocycles. The molecule has 2 amide bonds. The molecule has 0 unspecified atom stereocenters. The minimum atomic E-state index is -3.82. The van der Waals surface area contributed by atoms with Crippen LogP contribution in [0.15, 0.2) is 90.3 Å². The third-order valence-corrected chi connectivity index (χ3v) is 7.02. The Kier molecular flexibility index (Phi) is 5.54. The van der Waals surface area contributed by atoms with Gasteiger partial charge in [-0.2, -0.15) is 0 Å². The van der Waals surface area contributed by atoms with Crippen LogP contribution >= 0.6 is 0 Å². The Hall–Kier alpha value is -3.91. The molecule has 0 aromatic heterocycles. The smallest absolute Gasteiger partial charge is 0.264 e. The van der Waals surface area contributed by atoms with Crippen molar-refractivity contribution in [3.8, 4) is 0 Å². The first-order valence-corrected chi connectivity index (χ1v) is 11.3. The number of hydrogen-bond acceptors (Lipinski definition) is 4. The quantitative estimate of drug-likeness (QED) is 0.626. The number of sulfonamides is 1. The van der Waals surface area contributed by atoms with E-state index in [0.29, 0.717) is 28.2 Å². The predicted octanol–water partition coefficient (Wildman–Crippen LogP) is 3.58. The minimum absolute atomic E-state index is 0.0377. The summed E-state index contributed by atoms with van der Waals surface area (Å²) in [4.78, 5) is 26.6. The topological polar surface area (TPSA) is 86.8 Å². The molecule has 1 aliphatic rings. The fraction of sp³-hybridized carbons (Fsp3) is 0.0833. The molecule has 1 N–H and O–H groups in total. The van der Waals surface area contributed by atoms with Gasteiger partial charge in [0.1, 0.15) is 6.54 Å². The second-order valence-electron chi connectivity index (χ2n) is 7.27. The molecule has 7 nitrogen and oxygen atoms in total. The summed E-state index contributed by atoms with van der Waals surface area (Å²) in [6, 6.07) is 21.7. The first-order valence-electron chi connectivity index (χ1n) is 9.83. The van der Waals surface area contributed by atoms with Crippen LogP contribution in [-0.4, -0.2) is 38.7 Å². The van der Waals surface area contributed by atoms with Crippen molar-refractivity contribution in [2.75, 3.05) is 23.2 Å². The molecule has 0 atom stereocenters. The highest BCUT2D eigenvalue weighted by Crippen LogP contribution is 2.31. The number of rotatable bonds is 6. The van der Waals surface area contributed by atoms with Gasteiger partial charge < -0.3 is 5.32 Å². The van der Waals surface area contributed by atoms with Crippen LogP contribution in [0.5, 0.6) is 0 Å². The molecule has 3 aromatic rings. The molecule has 0 fully saturated rings. The summed E-state index contributed by atoms with van der Waals surface area (Å²) in [6.07, 6.45) is 0. The van der Waals surface area contributed by atoms with Crippen molar-refractivity contribution in [1.82, 2.24) is 4.90 Å². The number of fused-ring (bicyclic) bond motifs is 1. The molecular formula is C24H21N3O4S. The molecule has 0 aliphatic carbocycles. The van der Waals surface area contributed by atoms with Gasteiger partial charge in [0.15, 0.2) is 0 Å². The fourth-order valence-electron chi connectivity index (χ4n) is 3.52. The molecule has 4 rings (SSSR count). The van der Waals surface area contributed by atoms with Crippen molar-refractivity contribution >= 4 is 38.9 Å². The van der Waals surface area contributed by atoms with E-state index in [1.54, 1.807) is 66.7 Å². The average Bonchev–Trinajstić information content (AvgIpc) is 3.04. The maximum atomic E-state index is 13.0. The van der Waals surface area contributed by atoms with Gasteiger partial charge in [-0.1, -0.05) is 49.0 Å². The van der Waals surface area contributed by atoms with Gasteiger partial charge in [0.05, 0.1) is 10.6 Å². The highest BCUT2D eigenvalue weighted by molar-refractivity contribution is 7.92. The van der Waals surface area contributed by atoms with Crippen molar-refractivity contribution in [1.29, 1.82) is 0 Å². The number of nitrogens with one attached hydrogen (secondary N) is 1. The number of carbonyl (C=O) groups is 2. The van der Waals surface area contributed by atoms with Crippen LogP contribution in [0.2, 0.25) is 0 Å². The predicted molar refractivity (Wildman–Crippen MR) is 124 cm³/mol. The van der Waals surface area contributed by atoms with E-state index in [0.717, 1.165) is 0 Å². The normalized spacial score (nSPS) is 13.1. The number of amides is 2. The number of para-hydroxylation sites is 1. The van der Waals surface area contributed by atoms with Crippen LogP contribution < -0.4 is 9.62 Å². The van der Waals surface area contributed by atoms with Crippen LogP contribution in [0.4, 0.5) is 11.4 Å². The number of hydrogen-bond donors (Lipinski definition) is 1. The summed E-state index contributed by atoms with van der Waals surface area (Å²) in [6.45, 7) is 3.69. The van der Waals surface area contributed by atoms with Crippen LogP contribution in [0.3, 0.4) is 0 Å².